The number of alkyl carbamates (subject to hydrolysis) is 1. The molecule has 1 fully saturated rings. The first-order chi connectivity index (χ1) is 11.3. The number of carbonyl (C=O) groups is 2. The number of amides is 2. The van der Waals surface area contributed by atoms with Crippen molar-refractivity contribution in [2.75, 3.05) is 0 Å². The van der Waals surface area contributed by atoms with E-state index in [0.29, 0.717) is 0 Å². The molecule has 132 valence electrons. The molecule has 0 unspecified atom stereocenters. The van der Waals surface area contributed by atoms with Gasteiger partial charge in [0.25, 0.3) is 0 Å². The third-order valence-corrected chi connectivity index (χ3v) is 4.21. The Bertz CT molecular complexity index is 566. The van der Waals surface area contributed by atoms with Crippen LogP contribution in [0.25, 0.3) is 0 Å². The molecule has 0 spiro atoms. The van der Waals surface area contributed by atoms with Gasteiger partial charge in [-0.05, 0) is 46.1 Å². The number of ether oxygens (including phenoxy) is 1. The molecule has 0 saturated heterocycles. The standard InChI is InChI=1S/C19H28N2O3/c1-13(14-9-6-5-7-10-14)20-17(22)15-11-8-12-16(15)21-18(23)24-19(2,3)4/h5-7,9-10,13,15-16H,8,11-12H2,1-4H3,(H,20,22)(H,21,23)/t13-,15-,16-/m1/s1. The molecule has 1 saturated carbocycles. The number of nitrogens with one attached hydrogen (secondary N) is 2. The minimum Gasteiger partial charge on any atom is -0.444 e. The first-order valence-corrected chi connectivity index (χ1v) is 8.61. The fourth-order valence-electron chi connectivity index (χ4n) is 3.05. The molecule has 1 aliphatic rings. The van der Waals surface area contributed by atoms with Gasteiger partial charge in [0, 0.05) is 6.04 Å². The van der Waals surface area contributed by atoms with Crippen LogP contribution >= 0.6 is 0 Å². The Hall–Kier alpha value is -2.04. The maximum absolute atomic E-state index is 12.6. The van der Waals surface area contributed by atoms with Crippen molar-refractivity contribution in [3.8, 4) is 0 Å². The van der Waals surface area contributed by atoms with Crippen molar-refractivity contribution >= 4 is 12.0 Å². The van der Waals surface area contributed by atoms with Crippen LogP contribution in [-0.4, -0.2) is 23.6 Å². The quantitative estimate of drug-likeness (QED) is 0.886. The Kier molecular flexibility index (Phi) is 5.86. The molecule has 2 amide bonds. The molecule has 0 radical (unpaired) electrons. The predicted octanol–water partition coefficient (Wildman–Crippen LogP) is 3.56. The zero-order valence-corrected chi connectivity index (χ0v) is 15.0. The molecule has 0 aliphatic heterocycles. The normalized spacial score (nSPS) is 21.8. The van der Waals surface area contributed by atoms with E-state index in [4.69, 9.17) is 4.74 Å². The molecule has 24 heavy (non-hydrogen) atoms. The minimum atomic E-state index is -0.539. The second-order valence-electron chi connectivity index (χ2n) is 7.43. The molecule has 0 bridgehead atoms. The minimum absolute atomic E-state index is 0.00934. The lowest BCUT2D eigenvalue weighted by Crippen LogP contribution is -2.46. The van der Waals surface area contributed by atoms with Gasteiger partial charge < -0.3 is 15.4 Å². The molecule has 2 N–H and O–H groups in total. The fourth-order valence-corrected chi connectivity index (χ4v) is 3.05. The molecule has 5 heteroatoms. The average molecular weight is 332 g/mol. The van der Waals surface area contributed by atoms with Crippen LogP contribution in [0.3, 0.4) is 0 Å². The summed E-state index contributed by atoms with van der Waals surface area (Å²) in [7, 11) is 0. The third kappa shape index (κ3) is 5.25. The van der Waals surface area contributed by atoms with Crippen molar-refractivity contribution in [3.05, 3.63) is 35.9 Å². The number of hydrogen-bond acceptors (Lipinski definition) is 3. The summed E-state index contributed by atoms with van der Waals surface area (Å²) in [5, 5.41) is 5.92. The van der Waals surface area contributed by atoms with Gasteiger partial charge in [0.2, 0.25) is 5.91 Å². The largest absolute Gasteiger partial charge is 0.444 e. The van der Waals surface area contributed by atoms with Crippen LogP contribution in [0.1, 0.15) is 58.6 Å². The summed E-state index contributed by atoms with van der Waals surface area (Å²) in [5.41, 5.74) is 0.530. The molecular formula is C19H28N2O3. The maximum Gasteiger partial charge on any atom is 0.407 e. The Morgan fingerprint density at radius 2 is 1.83 bits per heavy atom. The summed E-state index contributed by atoms with van der Waals surface area (Å²) >= 11 is 0. The number of rotatable bonds is 4. The maximum atomic E-state index is 12.6. The summed E-state index contributed by atoms with van der Waals surface area (Å²) in [5.74, 6) is -0.214. The van der Waals surface area contributed by atoms with E-state index in [1.54, 1.807) is 0 Å². The van der Waals surface area contributed by atoms with Crippen molar-refractivity contribution in [2.24, 2.45) is 5.92 Å². The van der Waals surface area contributed by atoms with Gasteiger partial charge in [0.15, 0.2) is 0 Å². The van der Waals surface area contributed by atoms with Gasteiger partial charge in [0.05, 0.1) is 12.0 Å². The van der Waals surface area contributed by atoms with E-state index in [2.05, 4.69) is 10.6 Å². The van der Waals surface area contributed by atoms with Crippen LogP contribution in [0, 0.1) is 5.92 Å². The smallest absolute Gasteiger partial charge is 0.407 e. The highest BCUT2D eigenvalue weighted by Crippen LogP contribution is 2.27. The van der Waals surface area contributed by atoms with Crippen LogP contribution in [0.5, 0.6) is 0 Å². The zero-order valence-electron chi connectivity index (χ0n) is 15.0. The third-order valence-electron chi connectivity index (χ3n) is 4.21. The molecular weight excluding hydrogens is 304 g/mol. The monoisotopic (exact) mass is 332 g/mol. The highest BCUT2D eigenvalue weighted by molar-refractivity contribution is 5.81. The van der Waals surface area contributed by atoms with Crippen molar-refractivity contribution < 1.29 is 14.3 Å². The van der Waals surface area contributed by atoms with Gasteiger partial charge in [-0.2, -0.15) is 0 Å². The topological polar surface area (TPSA) is 67.4 Å². The van der Waals surface area contributed by atoms with Gasteiger partial charge in [-0.15, -0.1) is 0 Å². The van der Waals surface area contributed by atoms with E-state index in [0.717, 1.165) is 24.8 Å². The van der Waals surface area contributed by atoms with E-state index in [9.17, 15) is 9.59 Å². The van der Waals surface area contributed by atoms with Crippen molar-refractivity contribution in [2.45, 2.75) is 64.6 Å². The molecule has 1 aromatic carbocycles. The molecule has 0 aromatic heterocycles. The van der Waals surface area contributed by atoms with Crippen LogP contribution in [0.15, 0.2) is 30.3 Å². The zero-order chi connectivity index (χ0) is 17.7. The fraction of sp³-hybridized carbons (Fsp3) is 0.579. The van der Waals surface area contributed by atoms with Crippen LogP contribution in [0.4, 0.5) is 4.79 Å². The van der Waals surface area contributed by atoms with Gasteiger partial charge >= 0.3 is 6.09 Å². The highest BCUT2D eigenvalue weighted by Gasteiger charge is 2.35. The van der Waals surface area contributed by atoms with Crippen molar-refractivity contribution in [3.63, 3.8) is 0 Å². The van der Waals surface area contributed by atoms with Gasteiger partial charge in [0.1, 0.15) is 5.60 Å². The van der Waals surface area contributed by atoms with Crippen molar-refractivity contribution in [1.82, 2.24) is 10.6 Å². The summed E-state index contributed by atoms with van der Waals surface area (Å²) in [6.45, 7) is 7.45. The van der Waals surface area contributed by atoms with Crippen LogP contribution in [-0.2, 0) is 9.53 Å². The van der Waals surface area contributed by atoms with E-state index >= 15 is 0 Å². The summed E-state index contributed by atoms with van der Waals surface area (Å²) in [6.07, 6.45) is 2.06. The number of benzene rings is 1. The molecule has 3 atom stereocenters. The van der Waals surface area contributed by atoms with E-state index in [1.807, 2.05) is 58.0 Å². The Balaban J connectivity index is 1.92. The van der Waals surface area contributed by atoms with E-state index in [1.165, 1.54) is 0 Å². The number of carbonyl (C=O) groups excluding carboxylic acids is 2. The van der Waals surface area contributed by atoms with E-state index in [-0.39, 0.29) is 23.9 Å². The first-order valence-electron chi connectivity index (χ1n) is 8.61. The van der Waals surface area contributed by atoms with E-state index < -0.39 is 11.7 Å². The summed E-state index contributed by atoms with van der Waals surface area (Å²) < 4.78 is 5.30. The lowest BCUT2D eigenvalue weighted by atomic mass is 10.0. The van der Waals surface area contributed by atoms with Gasteiger partial charge in [-0.25, -0.2) is 4.79 Å². The lowest BCUT2D eigenvalue weighted by Gasteiger charge is -2.25. The van der Waals surface area contributed by atoms with Crippen LogP contribution < -0.4 is 10.6 Å². The first kappa shape index (κ1) is 18.3. The number of hydrogen-bond donors (Lipinski definition) is 2. The second kappa shape index (κ2) is 7.69. The molecule has 5 nitrogen and oxygen atoms in total. The molecule has 1 aromatic rings. The second-order valence-corrected chi connectivity index (χ2v) is 7.43. The summed E-state index contributed by atoms with van der Waals surface area (Å²) in [6, 6.07) is 9.65. The molecule has 1 aliphatic carbocycles. The van der Waals surface area contributed by atoms with Crippen molar-refractivity contribution in [1.29, 1.82) is 0 Å². The van der Waals surface area contributed by atoms with Gasteiger partial charge in [-0.3, -0.25) is 4.79 Å². The molecule has 0 heterocycles. The Morgan fingerprint density at radius 1 is 1.17 bits per heavy atom. The highest BCUT2D eigenvalue weighted by atomic mass is 16.6. The Labute approximate surface area is 144 Å². The molecule has 2 rings (SSSR count). The predicted molar refractivity (Wildman–Crippen MR) is 93.5 cm³/mol. The summed E-state index contributed by atoms with van der Waals surface area (Å²) in [4.78, 5) is 24.6. The average Bonchev–Trinajstić information content (AvgIpc) is 2.94. The lowest BCUT2D eigenvalue weighted by molar-refractivity contribution is -0.126. The van der Waals surface area contributed by atoms with Crippen LogP contribution in [0.2, 0.25) is 0 Å². The van der Waals surface area contributed by atoms with Gasteiger partial charge in [-0.1, -0.05) is 36.8 Å². The Morgan fingerprint density at radius 3 is 2.46 bits per heavy atom. The SMILES string of the molecule is C[C@@H](NC(=O)[C@@H]1CCC[C@H]1NC(=O)OC(C)(C)C)c1ccccc1.